The molecule has 1 atom stereocenters. The van der Waals surface area contributed by atoms with Gasteiger partial charge >= 0.3 is 0 Å². The van der Waals surface area contributed by atoms with Gasteiger partial charge < -0.3 is 11.1 Å². The molecule has 0 aliphatic rings. The van der Waals surface area contributed by atoms with Crippen LogP contribution in [0.4, 0.5) is 0 Å². The van der Waals surface area contributed by atoms with Gasteiger partial charge in [-0.3, -0.25) is 0 Å². The third-order valence-corrected chi connectivity index (χ3v) is 3.72. The first-order valence-corrected chi connectivity index (χ1v) is 7.01. The highest BCUT2D eigenvalue weighted by molar-refractivity contribution is 5.30. The lowest BCUT2D eigenvalue weighted by Crippen LogP contribution is -2.32. The highest BCUT2D eigenvalue weighted by Crippen LogP contribution is 2.11. The molecule has 1 unspecified atom stereocenters. The number of aryl methyl sites for hydroxylation is 2. The summed E-state index contributed by atoms with van der Waals surface area (Å²) in [4.78, 5) is 0. The fraction of sp³-hybridized carbons (Fsp3) is 0.625. The second-order valence-electron chi connectivity index (χ2n) is 5.62. The highest BCUT2D eigenvalue weighted by atomic mass is 14.9. The average Bonchev–Trinajstić information content (AvgIpc) is 2.31. The van der Waals surface area contributed by atoms with E-state index < -0.39 is 0 Å². The zero-order chi connectivity index (χ0) is 13.5. The molecule has 0 saturated heterocycles. The Balaban J connectivity index is 2.33. The molecule has 1 aromatic carbocycles. The number of benzene rings is 1. The van der Waals surface area contributed by atoms with Crippen LogP contribution in [0.1, 0.15) is 30.5 Å². The van der Waals surface area contributed by atoms with Gasteiger partial charge in [0.25, 0.3) is 0 Å². The highest BCUT2D eigenvalue weighted by Gasteiger charge is 2.10. The summed E-state index contributed by atoms with van der Waals surface area (Å²) in [6.45, 7) is 11.6. The van der Waals surface area contributed by atoms with E-state index in [4.69, 9.17) is 5.73 Å². The summed E-state index contributed by atoms with van der Waals surface area (Å²) < 4.78 is 0. The molecule has 0 aromatic heterocycles. The summed E-state index contributed by atoms with van der Waals surface area (Å²) in [5.74, 6) is 1.24. The van der Waals surface area contributed by atoms with Gasteiger partial charge in [0.05, 0.1) is 0 Å². The van der Waals surface area contributed by atoms with Crippen molar-refractivity contribution in [3.05, 3.63) is 34.9 Å². The van der Waals surface area contributed by atoms with Crippen molar-refractivity contribution in [3.63, 3.8) is 0 Å². The topological polar surface area (TPSA) is 38.0 Å². The van der Waals surface area contributed by atoms with Crippen molar-refractivity contribution in [2.75, 3.05) is 19.6 Å². The number of nitrogens with two attached hydrogens (primary N) is 1. The Bertz CT molecular complexity index is 358. The smallest absolute Gasteiger partial charge is 0.000588 e. The average molecular weight is 248 g/mol. The Morgan fingerprint density at radius 3 is 2.50 bits per heavy atom. The summed E-state index contributed by atoms with van der Waals surface area (Å²) in [7, 11) is 0. The number of hydrogen-bond acceptors (Lipinski definition) is 2. The van der Waals surface area contributed by atoms with Gasteiger partial charge in [-0.15, -0.1) is 0 Å². The van der Waals surface area contributed by atoms with E-state index in [1.165, 1.54) is 16.7 Å². The lowest BCUT2D eigenvalue weighted by atomic mass is 9.96. The third-order valence-electron chi connectivity index (χ3n) is 3.72. The summed E-state index contributed by atoms with van der Waals surface area (Å²) in [5.41, 5.74) is 9.95. The van der Waals surface area contributed by atoms with Gasteiger partial charge in [0.15, 0.2) is 0 Å². The van der Waals surface area contributed by atoms with E-state index in [1.54, 1.807) is 0 Å². The first kappa shape index (κ1) is 15.2. The normalized spacial score (nSPS) is 13.0. The Hall–Kier alpha value is -0.860. The Kier molecular flexibility index (Phi) is 6.37. The van der Waals surface area contributed by atoms with Gasteiger partial charge in [-0.05, 0) is 62.9 Å². The first-order valence-electron chi connectivity index (χ1n) is 7.01. The van der Waals surface area contributed by atoms with Crippen molar-refractivity contribution >= 4 is 0 Å². The first-order chi connectivity index (χ1) is 8.54. The fourth-order valence-corrected chi connectivity index (χ4v) is 2.23. The molecule has 1 rings (SSSR count). The summed E-state index contributed by atoms with van der Waals surface area (Å²) in [6, 6.07) is 6.69. The van der Waals surface area contributed by atoms with Crippen LogP contribution in [0.3, 0.4) is 0 Å². The second kappa shape index (κ2) is 7.55. The van der Waals surface area contributed by atoms with Gasteiger partial charge in [0.1, 0.15) is 0 Å². The summed E-state index contributed by atoms with van der Waals surface area (Å²) in [5, 5.41) is 3.53. The van der Waals surface area contributed by atoms with E-state index in [9.17, 15) is 0 Å². The van der Waals surface area contributed by atoms with Crippen LogP contribution in [0.15, 0.2) is 18.2 Å². The van der Waals surface area contributed by atoms with Gasteiger partial charge in [-0.1, -0.05) is 37.6 Å². The van der Waals surface area contributed by atoms with Crippen molar-refractivity contribution in [3.8, 4) is 0 Å². The van der Waals surface area contributed by atoms with Crippen LogP contribution in [0.2, 0.25) is 0 Å². The van der Waals surface area contributed by atoms with Gasteiger partial charge in [0.2, 0.25) is 0 Å². The molecule has 102 valence electrons. The Morgan fingerprint density at radius 2 is 1.94 bits per heavy atom. The van der Waals surface area contributed by atoms with Crippen molar-refractivity contribution in [2.24, 2.45) is 17.6 Å². The summed E-state index contributed by atoms with van der Waals surface area (Å²) >= 11 is 0. The Labute approximate surface area is 112 Å². The van der Waals surface area contributed by atoms with Gasteiger partial charge in [0, 0.05) is 0 Å². The Morgan fingerprint density at radius 1 is 1.22 bits per heavy atom. The van der Waals surface area contributed by atoms with E-state index in [-0.39, 0.29) is 0 Å². The maximum atomic E-state index is 5.77. The second-order valence-corrected chi connectivity index (χ2v) is 5.62. The standard InChI is InChI=1S/C16H28N2/c1-12(2)16(10-17)11-18-8-7-15-6-5-13(3)9-14(15)4/h5-6,9,12,16,18H,7-8,10-11,17H2,1-4H3. The lowest BCUT2D eigenvalue weighted by molar-refractivity contribution is 0.372. The molecular weight excluding hydrogens is 220 g/mol. The molecule has 0 radical (unpaired) electrons. The molecule has 0 amide bonds. The zero-order valence-corrected chi connectivity index (χ0v) is 12.3. The van der Waals surface area contributed by atoms with Crippen LogP contribution in [-0.4, -0.2) is 19.6 Å². The van der Waals surface area contributed by atoms with E-state index in [0.717, 1.165) is 26.1 Å². The molecule has 2 heteroatoms. The molecule has 1 aromatic rings. The molecule has 0 aliphatic carbocycles. The van der Waals surface area contributed by atoms with Crippen molar-refractivity contribution < 1.29 is 0 Å². The van der Waals surface area contributed by atoms with Crippen LogP contribution >= 0.6 is 0 Å². The lowest BCUT2D eigenvalue weighted by Gasteiger charge is -2.19. The molecule has 0 bridgehead atoms. The predicted molar refractivity (Wildman–Crippen MR) is 79.9 cm³/mol. The van der Waals surface area contributed by atoms with E-state index >= 15 is 0 Å². The molecular formula is C16H28N2. The van der Waals surface area contributed by atoms with Gasteiger partial charge in [-0.2, -0.15) is 0 Å². The molecule has 18 heavy (non-hydrogen) atoms. The predicted octanol–water partition coefficient (Wildman–Crippen LogP) is 2.67. The van der Waals surface area contributed by atoms with Crippen molar-refractivity contribution in [1.29, 1.82) is 0 Å². The maximum absolute atomic E-state index is 5.77. The van der Waals surface area contributed by atoms with Crippen LogP contribution in [-0.2, 0) is 6.42 Å². The minimum Gasteiger partial charge on any atom is -0.330 e. The van der Waals surface area contributed by atoms with Gasteiger partial charge in [-0.25, -0.2) is 0 Å². The number of rotatable bonds is 7. The van der Waals surface area contributed by atoms with Crippen LogP contribution < -0.4 is 11.1 Å². The fourth-order valence-electron chi connectivity index (χ4n) is 2.23. The number of hydrogen-bond donors (Lipinski definition) is 2. The molecule has 3 N–H and O–H groups in total. The molecule has 0 saturated carbocycles. The van der Waals surface area contributed by atoms with Crippen LogP contribution in [0, 0.1) is 25.7 Å². The largest absolute Gasteiger partial charge is 0.330 e. The van der Waals surface area contributed by atoms with Crippen molar-refractivity contribution in [1.82, 2.24) is 5.32 Å². The summed E-state index contributed by atoms with van der Waals surface area (Å²) in [6.07, 6.45) is 1.10. The minimum atomic E-state index is 0.587. The molecule has 2 nitrogen and oxygen atoms in total. The quantitative estimate of drug-likeness (QED) is 0.728. The molecule has 0 fully saturated rings. The minimum absolute atomic E-state index is 0.587. The van der Waals surface area contributed by atoms with Crippen molar-refractivity contribution in [2.45, 2.75) is 34.1 Å². The molecule has 0 heterocycles. The van der Waals surface area contributed by atoms with E-state index in [2.05, 4.69) is 51.2 Å². The molecule has 0 aliphatic heterocycles. The molecule has 0 spiro atoms. The van der Waals surface area contributed by atoms with E-state index in [0.29, 0.717) is 11.8 Å². The van der Waals surface area contributed by atoms with E-state index in [1.807, 2.05) is 0 Å². The van der Waals surface area contributed by atoms with Crippen LogP contribution in [0.5, 0.6) is 0 Å². The SMILES string of the molecule is Cc1ccc(CCNCC(CN)C(C)C)c(C)c1. The van der Waals surface area contributed by atoms with Crippen LogP contribution in [0.25, 0.3) is 0 Å². The zero-order valence-electron chi connectivity index (χ0n) is 12.3. The third kappa shape index (κ3) is 4.79. The monoisotopic (exact) mass is 248 g/mol. The number of nitrogens with one attached hydrogen (secondary N) is 1. The maximum Gasteiger partial charge on any atom is -0.000588 e.